The number of ether oxygens (including phenoxy) is 1. The highest BCUT2D eigenvalue weighted by atomic mass is 16.5. The molecule has 0 amide bonds. The van der Waals surface area contributed by atoms with E-state index < -0.39 is 0 Å². The molecule has 0 saturated carbocycles. The van der Waals surface area contributed by atoms with Gasteiger partial charge in [-0.25, -0.2) is 0 Å². The zero-order valence-corrected chi connectivity index (χ0v) is 9.91. The van der Waals surface area contributed by atoms with E-state index in [0.29, 0.717) is 0 Å². The molecule has 16 heavy (non-hydrogen) atoms. The molecule has 0 radical (unpaired) electrons. The molecular weight excluding hydrogens is 202 g/mol. The van der Waals surface area contributed by atoms with Crippen LogP contribution >= 0.6 is 0 Å². The van der Waals surface area contributed by atoms with Crippen LogP contribution in [-0.4, -0.2) is 24.9 Å². The van der Waals surface area contributed by atoms with E-state index in [2.05, 4.69) is 24.4 Å². The van der Waals surface area contributed by atoms with Crippen LogP contribution in [0.3, 0.4) is 0 Å². The molecule has 0 spiro atoms. The highest BCUT2D eigenvalue weighted by Crippen LogP contribution is 2.12. The van der Waals surface area contributed by atoms with Crippen LogP contribution in [0.1, 0.15) is 25.3 Å². The molecule has 0 aliphatic rings. The van der Waals surface area contributed by atoms with Crippen molar-refractivity contribution in [2.75, 3.05) is 19.8 Å². The number of benzene rings is 1. The maximum Gasteiger partial charge on any atom is 0.119 e. The predicted molar refractivity (Wildman–Crippen MR) is 65.6 cm³/mol. The van der Waals surface area contributed by atoms with E-state index in [9.17, 15) is 0 Å². The molecule has 1 aromatic carbocycles. The first-order chi connectivity index (χ1) is 7.86. The normalized spacial score (nSPS) is 10.4. The van der Waals surface area contributed by atoms with Crippen molar-refractivity contribution in [2.24, 2.45) is 0 Å². The highest BCUT2D eigenvalue weighted by Gasteiger charge is 1.95. The minimum absolute atomic E-state index is 0.247. The van der Waals surface area contributed by atoms with Gasteiger partial charge < -0.3 is 15.2 Å². The van der Waals surface area contributed by atoms with Crippen LogP contribution in [0, 0.1) is 0 Å². The Hall–Kier alpha value is -1.06. The van der Waals surface area contributed by atoms with Gasteiger partial charge in [0.05, 0.1) is 6.61 Å². The molecule has 1 rings (SSSR count). The summed E-state index contributed by atoms with van der Waals surface area (Å²) >= 11 is 0. The summed E-state index contributed by atoms with van der Waals surface area (Å²) in [6.45, 7) is 4.81. The molecule has 0 fully saturated rings. The number of hydrogen-bond donors (Lipinski definition) is 2. The Balaban J connectivity index is 2.27. The maximum absolute atomic E-state index is 8.63. The molecule has 1 aromatic rings. The molecular formula is C13H21NO2. The van der Waals surface area contributed by atoms with E-state index in [1.807, 2.05) is 12.1 Å². The average Bonchev–Trinajstić information content (AvgIpc) is 2.33. The first-order valence-corrected chi connectivity index (χ1v) is 5.90. The van der Waals surface area contributed by atoms with Crippen molar-refractivity contribution in [3.8, 4) is 5.75 Å². The quantitative estimate of drug-likeness (QED) is 0.662. The Bertz CT molecular complexity index is 272. The smallest absolute Gasteiger partial charge is 0.119 e. The number of rotatable bonds is 8. The molecule has 0 aromatic heterocycles. The summed E-state index contributed by atoms with van der Waals surface area (Å²) in [6, 6.07) is 8.13. The second kappa shape index (κ2) is 8.13. The first kappa shape index (κ1) is 13.0. The summed E-state index contributed by atoms with van der Waals surface area (Å²) in [7, 11) is 0. The average molecular weight is 223 g/mol. The van der Waals surface area contributed by atoms with E-state index in [1.165, 1.54) is 5.56 Å². The molecule has 0 bridgehead atoms. The summed E-state index contributed by atoms with van der Waals surface area (Å²) < 4.78 is 5.50. The van der Waals surface area contributed by atoms with Gasteiger partial charge in [0.2, 0.25) is 0 Å². The van der Waals surface area contributed by atoms with Crippen LogP contribution in [0.25, 0.3) is 0 Å². The second-order valence-electron chi connectivity index (χ2n) is 3.75. The molecule has 0 aliphatic heterocycles. The third-order valence-corrected chi connectivity index (χ3v) is 2.24. The van der Waals surface area contributed by atoms with Gasteiger partial charge in [-0.1, -0.05) is 19.1 Å². The van der Waals surface area contributed by atoms with E-state index in [-0.39, 0.29) is 6.61 Å². The number of aliphatic hydroxyl groups excluding tert-OH is 1. The zero-order chi connectivity index (χ0) is 11.6. The summed E-state index contributed by atoms with van der Waals surface area (Å²) in [4.78, 5) is 0. The van der Waals surface area contributed by atoms with Gasteiger partial charge in [-0.3, -0.25) is 0 Å². The van der Waals surface area contributed by atoms with Gasteiger partial charge in [0.25, 0.3) is 0 Å². The van der Waals surface area contributed by atoms with Gasteiger partial charge in [0, 0.05) is 13.2 Å². The molecule has 3 nitrogen and oxygen atoms in total. The van der Waals surface area contributed by atoms with Crippen LogP contribution in [0.5, 0.6) is 5.75 Å². The maximum atomic E-state index is 8.63. The fourth-order valence-electron chi connectivity index (χ4n) is 1.36. The van der Waals surface area contributed by atoms with Crippen molar-refractivity contribution in [2.45, 2.75) is 26.3 Å². The van der Waals surface area contributed by atoms with E-state index in [4.69, 9.17) is 9.84 Å². The third kappa shape index (κ3) is 5.14. The van der Waals surface area contributed by atoms with Gasteiger partial charge in [0.1, 0.15) is 5.75 Å². The van der Waals surface area contributed by atoms with Gasteiger partial charge in [0.15, 0.2) is 0 Å². The van der Waals surface area contributed by atoms with Crippen LogP contribution in [0.2, 0.25) is 0 Å². The standard InChI is InChI=1S/C13H21NO2/c1-2-10-16-13-6-4-12(5-7-13)11-14-8-3-9-15/h4-7,14-15H,2-3,8-11H2,1H3. The summed E-state index contributed by atoms with van der Waals surface area (Å²) in [5.41, 5.74) is 1.24. The fourth-order valence-corrected chi connectivity index (χ4v) is 1.36. The number of hydrogen-bond acceptors (Lipinski definition) is 3. The van der Waals surface area contributed by atoms with Crippen molar-refractivity contribution < 1.29 is 9.84 Å². The van der Waals surface area contributed by atoms with E-state index in [0.717, 1.165) is 38.3 Å². The van der Waals surface area contributed by atoms with Crippen molar-refractivity contribution >= 4 is 0 Å². The Labute approximate surface area is 97.4 Å². The summed E-state index contributed by atoms with van der Waals surface area (Å²) in [6.07, 6.45) is 1.84. The molecule has 0 aliphatic carbocycles. The Morgan fingerprint density at radius 3 is 2.62 bits per heavy atom. The van der Waals surface area contributed by atoms with Crippen LogP contribution in [0.15, 0.2) is 24.3 Å². The minimum atomic E-state index is 0.247. The monoisotopic (exact) mass is 223 g/mol. The van der Waals surface area contributed by atoms with Crippen LogP contribution in [-0.2, 0) is 6.54 Å². The summed E-state index contributed by atoms with van der Waals surface area (Å²) in [5.74, 6) is 0.931. The van der Waals surface area contributed by atoms with Crippen LogP contribution < -0.4 is 10.1 Å². The van der Waals surface area contributed by atoms with E-state index >= 15 is 0 Å². The van der Waals surface area contributed by atoms with Gasteiger partial charge >= 0.3 is 0 Å². The predicted octanol–water partition coefficient (Wildman–Crippen LogP) is 1.95. The lowest BCUT2D eigenvalue weighted by Crippen LogP contribution is -2.15. The third-order valence-electron chi connectivity index (χ3n) is 2.24. The lowest BCUT2D eigenvalue weighted by molar-refractivity contribution is 0.286. The lowest BCUT2D eigenvalue weighted by atomic mass is 10.2. The summed E-state index contributed by atoms with van der Waals surface area (Å²) in [5, 5.41) is 11.9. The van der Waals surface area contributed by atoms with Crippen LogP contribution in [0.4, 0.5) is 0 Å². The lowest BCUT2D eigenvalue weighted by Gasteiger charge is -2.06. The second-order valence-corrected chi connectivity index (χ2v) is 3.75. The topological polar surface area (TPSA) is 41.5 Å². The fraction of sp³-hybridized carbons (Fsp3) is 0.538. The van der Waals surface area contributed by atoms with Crippen molar-refractivity contribution in [3.63, 3.8) is 0 Å². The Morgan fingerprint density at radius 1 is 1.25 bits per heavy atom. The van der Waals surface area contributed by atoms with Crippen molar-refractivity contribution in [3.05, 3.63) is 29.8 Å². The van der Waals surface area contributed by atoms with Gasteiger partial charge in [-0.05, 0) is 37.1 Å². The molecule has 2 N–H and O–H groups in total. The number of nitrogens with one attached hydrogen (secondary N) is 1. The zero-order valence-electron chi connectivity index (χ0n) is 9.91. The number of aliphatic hydroxyl groups is 1. The molecule has 0 atom stereocenters. The first-order valence-electron chi connectivity index (χ1n) is 5.90. The Morgan fingerprint density at radius 2 is 2.00 bits per heavy atom. The Kier molecular flexibility index (Phi) is 6.61. The van der Waals surface area contributed by atoms with Gasteiger partial charge in [-0.15, -0.1) is 0 Å². The molecule has 3 heteroatoms. The van der Waals surface area contributed by atoms with Gasteiger partial charge in [-0.2, -0.15) is 0 Å². The molecule has 90 valence electrons. The van der Waals surface area contributed by atoms with Crippen molar-refractivity contribution in [1.82, 2.24) is 5.32 Å². The molecule has 0 heterocycles. The van der Waals surface area contributed by atoms with E-state index in [1.54, 1.807) is 0 Å². The highest BCUT2D eigenvalue weighted by molar-refractivity contribution is 5.27. The largest absolute Gasteiger partial charge is 0.494 e. The SMILES string of the molecule is CCCOc1ccc(CNCCCO)cc1. The molecule has 0 unspecified atom stereocenters. The van der Waals surface area contributed by atoms with Crippen molar-refractivity contribution in [1.29, 1.82) is 0 Å². The molecule has 0 saturated heterocycles. The minimum Gasteiger partial charge on any atom is -0.494 e.